The van der Waals surface area contributed by atoms with Crippen molar-refractivity contribution < 1.29 is 9.47 Å². The molecule has 2 aromatic rings. The minimum atomic E-state index is 0.527. The molecule has 1 aromatic carbocycles. The number of hydrogen-bond donors (Lipinski definition) is 2. The molecule has 0 bridgehead atoms. The largest absolute Gasteiger partial charge is 0.493 e. The van der Waals surface area contributed by atoms with E-state index in [9.17, 15) is 0 Å². The highest BCUT2D eigenvalue weighted by molar-refractivity contribution is 5.60. The summed E-state index contributed by atoms with van der Waals surface area (Å²) in [5.41, 5.74) is 0.848. The quantitative estimate of drug-likeness (QED) is 0.849. The third-order valence-electron chi connectivity index (χ3n) is 4.00. The van der Waals surface area contributed by atoms with Crippen LogP contribution < -0.4 is 20.1 Å². The van der Waals surface area contributed by atoms with Gasteiger partial charge in [0.2, 0.25) is 5.95 Å². The van der Waals surface area contributed by atoms with E-state index in [1.54, 1.807) is 20.4 Å². The van der Waals surface area contributed by atoms with Crippen molar-refractivity contribution in [1.29, 1.82) is 0 Å². The fourth-order valence-corrected chi connectivity index (χ4v) is 2.82. The second kappa shape index (κ2) is 7.17. The van der Waals surface area contributed by atoms with Crippen LogP contribution >= 0.6 is 0 Å². The lowest BCUT2D eigenvalue weighted by Crippen LogP contribution is -2.15. The first kappa shape index (κ1) is 15.4. The Balaban J connectivity index is 1.72. The zero-order chi connectivity index (χ0) is 16.1. The Hall–Kier alpha value is -2.50. The van der Waals surface area contributed by atoms with Crippen molar-refractivity contribution in [3.63, 3.8) is 0 Å². The molecule has 1 aliphatic carbocycles. The summed E-state index contributed by atoms with van der Waals surface area (Å²) in [6.45, 7) is 0. The maximum absolute atomic E-state index is 5.31. The molecule has 1 fully saturated rings. The molecule has 3 rings (SSSR count). The summed E-state index contributed by atoms with van der Waals surface area (Å²) in [5, 5.41) is 6.67. The average Bonchev–Trinajstić information content (AvgIpc) is 3.08. The second-order valence-corrected chi connectivity index (χ2v) is 5.59. The lowest BCUT2D eigenvalue weighted by molar-refractivity contribution is 0.355. The fourth-order valence-electron chi connectivity index (χ4n) is 2.82. The van der Waals surface area contributed by atoms with E-state index in [4.69, 9.17) is 9.47 Å². The van der Waals surface area contributed by atoms with E-state index in [1.807, 2.05) is 24.3 Å². The van der Waals surface area contributed by atoms with E-state index < -0.39 is 0 Å². The third-order valence-corrected chi connectivity index (χ3v) is 4.00. The van der Waals surface area contributed by atoms with Crippen molar-refractivity contribution >= 4 is 17.5 Å². The van der Waals surface area contributed by atoms with E-state index in [0.717, 1.165) is 11.5 Å². The topological polar surface area (TPSA) is 68.3 Å². The molecule has 6 nitrogen and oxygen atoms in total. The molecule has 0 atom stereocenters. The van der Waals surface area contributed by atoms with E-state index in [0.29, 0.717) is 23.5 Å². The number of nitrogens with zero attached hydrogens (tertiary/aromatic N) is 2. The summed E-state index contributed by atoms with van der Waals surface area (Å²) in [6.07, 6.45) is 6.76. The predicted octanol–water partition coefficient (Wildman–Crippen LogP) is 3.59. The number of methoxy groups -OCH3 is 2. The first-order valence-corrected chi connectivity index (χ1v) is 7.87. The molecule has 1 aliphatic rings. The molecule has 0 saturated heterocycles. The molecule has 23 heavy (non-hydrogen) atoms. The van der Waals surface area contributed by atoms with Crippen LogP contribution in [0.3, 0.4) is 0 Å². The number of hydrogen-bond acceptors (Lipinski definition) is 6. The van der Waals surface area contributed by atoms with Crippen molar-refractivity contribution in [3.8, 4) is 11.5 Å². The maximum Gasteiger partial charge on any atom is 0.229 e. The molecular weight excluding hydrogens is 292 g/mol. The molecular formula is C17H22N4O2. The lowest BCUT2D eigenvalue weighted by Gasteiger charge is -2.14. The Kier molecular flexibility index (Phi) is 4.80. The lowest BCUT2D eigenvalue weighted by atomic mass is 10.2. The van der Waals surface area contributed by atoms with Gasteiger partial charge in [-0.15, -0.1) is 0 Å². The van der Waals surface area contributed by atoms with E-state index >= 15 is 0 Å². The summed E-state index contributed by atoms with van der Waals surface area (Å²) < 4.78 is 10.5. The van der Waals surface area contributed by atoms with Gasteiger partial charge in [-0.3, -0.25) is 0 Å². The van der Waals surface area contributed by atoms with Crippen molar-refractivity contribution in [1.82, 2.24) is 9.97 Å². The number of nitrogens with one attached hydrogen (secondary N) is 2. The molecule has 1 saturated carbocycles. The van der Waals surface area contributed by atoms with Gasteiger partial charge in [0.25, 0.3) is 0 Å². The minimum absolute atomic E-state index is 0.527. The van der Waals surface area contributed by atoms with Crippen LogP contribution in [0, 0.1) is 0 Å². The number of benzene rings is 1. The number of aromatic nitrogens is 2. The van der Waals surface area contributed by atoms with Crippen LogP contribution in [0.25, 0.3) is 0 Å². The van der Waals surface area contributed by atoms with Gasteiger partial charge in [-0.25, -0.2) is 4.98 Å². The molecule has 0 spiro atoms. The maximum atomic E-state index is 5.31. The molecule has 1 heterocycles. The monoisotopic (exact) mass is 314 g/mol. The molecule has 122 valence electrons. The molecule has 1 aromatic heterocycles. The van der Waals surface area contributed by atoms with Crippen LogP contribution in [0.1, 0.15) is 25.7 Å². The Morgan fingerprint density at radius 1 is 1.04 bits per heavy atom. The Morgan fingerprint density at radius 2 is 1.83 bits per heavy atom. The first-order valence-electron chi connectivity index (χ1n) is 7.87. The van der Waals surface area contributed by atoms with Crippen LogP contribution in [0.4, 0.5) is 17.5 Å². The molecule has 6 heteroatoms. The summed E-state index contributed by atoms with van der Waals surface area (Å²) in [5.74, 6) is 2.77. The van der Waals surface area contributed by atoms with Gasteiger partial charge >= 0.3 is 0 Å². The normalized spacial score (nSPS) is 14.5. The second-order valence-electron chi connectivity index (χ2n) is 5.59. The van der Waals surface area contributed by atoms with Crippen LogP contribution in [0.2, 0.25) is 0 Å². The standard InChI is InChI=1S/C17H22N4O2/c1-22-14-8-7-13(11-15(14)23-2)20-17-18-10-9-16(21-17)19-12-5-3-4-6-12/h7-12H,3-6H2,1-2H3,(H2,18,19,20,21). The molecule has 0 amide bonds. The molecule has 0 aliphatic heterocycles. The number of anilines is 3. The van der Waals surface area contributed by atoms with Gasteiger partial charge in [0.05, 0.1) is 14.2 Å². The molecule has 2 N–H and O–H groups in total. The van der Waals surface area contributed by atoms with E-state index in [2.05, 4.69) is 20.6 Å². The van der Waals surface area contributed by atoms with Crippen LogP contribution in [0.5, 0.6) is 11.5 Å². The summed E-state index contributed by atoms with van der Waals surface area (Å²) >= 11 is 0. The smallest absolute Gasteiger partial charge is 0.229 e. The highest BCUT2D eigenvalue weighted by Gasteiger charge is 2.15. The predicted molar refractivity (Wildman–Crippen MR) is 90.7 cm³/mol. The van der Waals surface area contributed by atoms with Gasteiger partial charge in [0.15, 0.2) is 11.5 Å². The highest BCUT2D eigenvalue weighted by Crippen LogP contribution is 2.30. The van der Waals surface area contributed by atoms with Crippen molar-refractivity contribution in [3.05, 3.63) is 30.5 Å². The molecule has 0 radical (unpaired) electrons. The van der Waals surface area contributed by atoms with Crippen LogP contribution in [-0.2, 0) is 0 Å². The van der Waals surface area contributed by atoms with Gasteiger partial charge in [-0.1, -0.05) is 12.8 Å². The Labute approximate surface area is 136 Å². The summed E-state index contributed by atoms with van der Waals surface area (Å²) in [4.78, 5) is 8.80. The van der Waals surface area contributed by atoms with Crippen molar-refractivity contribution in [2.75, 3.05) is 24.9 Å². The summed E-state index contributed by atoms with van der Waals surface area (Å²) in [6, 6.07) is 8.04. The van der Waals surface area contributed by atoms with Crippen LogP contribution in [-0.4, -0.2) is 30.2 Å². The van der Waals surface area contributed by atoms with Crippen molar-refractivity contribution in [2.24, 2.45) is 0 Å². The fraction of sp³-hybridized carbons (Fsp3) is 0.412. The van der Waals surface area contributed by atoms with Crippen molar-refractivity contribution in [2.45, 2.75) is 31.7 Å². The summed E-state index contributed by atoms with van der Waals surface area (Å²) in [7, 11) is 3.23. The average molecular weight is 314 g/mol. The molecule has 0 unspecified atom stereocenters. The highest BCUT2D eigenvalue weighted by atomic mass is 16.5. The number of ether oxygens (including phenoxy) is 2. The minimum Gasteiger partial charge on any atom is -0.493 e. The SMILES string of the molecule is COc1ccc(Nc2nccc(NC3CCCC3)n2)cc1OC. The van der Waals surface area contributed by atoms with Gasteiger partial charge < -0.3 is 20.1 Å². The van der Waals surface area contributed by atoms with Gasteiger partial charge in [0.1, 0.15) is 5.82 Å². The number of rotatable bonds is 6. The van der Waals surface area contributed by atoms with Crippen LogP contribution in [0.15, 0.2) is 30.5 Å². The Bertz CT molecular complexity index is 657. The van der Waals surface area contributed by atoms with Gasteiger partial charge in [-0.2, -0.15) is 4.98 Å². The Morgan fingerprint density at radius 3 is 2.57 bits per heavy atom. The zero-order valence-electron chi connectivity index (χ0n) is 13.5. The van der Waals surface area contributed by atoms with Gasteiger partial charge in [-0.05, 0) is 31.0 Å². The third kappa shape index (κ3) is 3.83. The van der Waals surface area contributed by atoms with Gasteiger partial charge in [0, 0.05) is 24.0 Å². The zero-order valence-corrected chi connectivity index (χ0v) is 13.5. The van der Waals surface area contributed by atoms with E-state index in [-0.39, 0.29) is 0 Å². The first-order chi connectivity index (χ1) is 11.3. The van der Waals surface area contributed by atoms with E-state index in [1.165, 1.54) is 25.7 Å².